The number of halogens is 1. The predicted octanol–water partition coefficient (Wildman–Crippen LogP) is 1.50. The molecule has 2 rings (SSSR count). The van der Waals surface area contributed by atoms with Crippen LogP contribution in [0.15, 0.2) is 12.3 Å². The van der Waals surface area contributed by atoms with Crippen LogP contribution in [0.1, 0.15) is 11.3 Å². The van der Waals surface area contributed by atoms with E-state index in [9.17, 15) is 4.48 Å². The Labute approximate surface area is 65.2 Å². The molecule has 0 atom stereocenters. The van der Waals surface area contributed by atoms with Crippen LogP contribution >= 0.6 is 0 Å². The summed E-state index contributed by atoms with van der Waals surface area (Å²) in [5, 5.41) is 0.863. The minimum Gasteiger partial charge on any atom is -0.349 e. The number of hydrogen-bond acceptors (Lipinski definition) is 1. The molecule has 0 aliphatic carbocycles. The van der Waals surface area contributed by atoms with Crippen molar-refractivity contribution in [3.63, 3.8) is 0 Å². The minimum atomic E-state index is 0.443. The van der Waals surface area contributed by atoms with E-state index in [2.05, 4.69) is 4.57 Å². The molecule has 2 nitrogen and oxygen atoms in total. The van der Waals surface area contributed by atoms with Crippen LogP contribution in [0.3, 0.4) is 0 Å². The first-order chi connectivity index (χ1) is 5.27. The molecule has 3 heteroatoms. The van der Waals surface area contributed by atoms with Gasteiger partial charge in [-0.1, -0.05) is 0 Å². The van der Waals surface area contributed by atoms with Crippen LogP contribution in [0, 0.1) is 6.92 Å². The fourth-order valence-corrected chi connectivity index (χ4v) is 1.50. The van der Waals surface area contributed by atoms with Crippen LogP contribution in [0.2, 0.25) is 0 Å². The first kappa shape index (κ1) is 6.85. The lowest BCUT2D eigenvalue weighted by Gasteiger charge is -2.21. The topological polar surface area (TPSA) is 8.17 Å². The van der Waals surface area contributed by atoms with E-state index in [-0.39, 0.29) is 0 Å². The van der Waals surface area contributed by atoms with E-state index < -0.39 is 0 Å². The number of rotatable bonds is 0. The van der Waals surface area contributed by atoms with Gasteiger partial charge in [-0.25, -0.2) is 0 Å². The average molecular weight is 154 g/mol. The molecule has 60 valence electrons. The molecule has 0 saturated carbocycles. The summed E-state index contributed by atoms with van der Waals surface area (Å²) < 4.78 is 14.9. The Bertz CT molecular complexity index is 267. The Morgan fingerprint density at radius 2 is 2.27 bits per heavy atom. The number of aromatic nitrogens is 1. The normalized spacial score (nSPS) is 18.4. The zero-order valence-corrected chi connectivity index (χ0v) is 6.55. The molecule has 1 aromatic rings. The summed E-state index contributed by atoms with van der Waals surface area (Å²) in [7, 11) is 0. The van der Waals surface area contributed by atoms with Gasteiger partial charge in [-0.15, -0.1) is 9.60 Å². The second-order valence-electron chi connectivity index (χ2n) is 2.98. The quantitative estimate of drug-likeness (QED) is 0.514. The summed E-state index contributed by atoms with van der Waals surface area (Å²) in [6.45, 7) is 3.75. The predicted molar refractivity (Wildman–Crippen MR) is 40.7 cm³/mol. The van der Waals surface area contributed by atoms with Crippen LogP contribution in [0.4, 0.5) is 4.48 Å². The molecule has 1 aromatic heterocycles. The second-order valence-corrected chi connectivity index (χ2v) is 2.98. The summed E-state index contributed by atoms with van der Waals surface area (Å²) in [4.78, 5) is 0. The summed E-state index contributed by atoms with van der Waals surface area (Å²) >= 11 is 0. The highest BCUT2D eigenvalue weighted by atomic mass is 19.2. The van der Waals surface area contributed by atoms with Crippen LogP contribution in [0.25, 0.3) is 0 Å². The Morgan fingerprint density at radius 3 is 3.09 bits per heavy atom. The van der Waals surface area contributed by atoms with E-state index in [1.165, 1.54) is 5.56 Å². The molecule has 0 amide bonds. The molecule has 0 spiro atoms. The van der Waals surface area contributed by atoms with Crippen molar-refractivity contribution in [3.05, 3.63) is 23.5 Å². The molecule has 1 aliphatic heterocycles. The molecule has 0 bridgehead atoms. The van der Waals surface area contributed by atoms with Crippen LogP contribution in [0.5, 0.6) is 0 Å². The van der Waals surface area contributed by atoms with Gasteiger partial charge in [0.25, 0.3) is 0 Å². The molecule has 11 heavy (non-hydrogen) atoms. The third-order valence-electron chi connectivity index (χ3n) is 2.21. The number of hydrogen-bond donors (Lipinski definition) is 0. The van der Waals surface area contributed by atoms with E-state index in [1.807, 2.05) is 19.2 Å². The third kappa shape index (κ3) is 1.05. The van der Waals surface area contributed by atoms with E-state index in [0.717, 1.165) is 17.4 Å². The second kappa shape index (κ2) is 2.34. The fraction of sp³-hybridized carbons (Fsp3) is 0.500. The first-order valence-electron chi connectivity index (χ1n) is 3.83. The fourth-order valence-electron chi connectivity index (χ4n) is 1.50. The SMILES string of the molecule is Cc1ccn2c1CN(F)CC2. The van der Waals surface area contributed by atoms with Crippen LogP contribution < -0.4 is 0 Å². The van der Waals surface area contributed by atoms with Crippen molar-refractivity contribution in [2.45, 2.75) is 20.0 Å². The van der Waals surface area contributed by atoms with Crippen molar-refractivity contribution >= 4 is 0 Å². The van der Waals surface area contributed by atoms with Gasteiger partial charge in [0.2, 0.25) is 0 Å². The number of nitrogens with zero attached hydrogens (tertiary/aromatic N) is 2. The van der Waals surface area contributed by atoms with Crippen molar-refractivity contribution in [1.29, 1.82) is 0 Å². The Kier molecular flexibility index (Phi) is 1.46. The Morgan fingerprint density at radius 1 is 1.45 bits per heavy atom. The van der Waals surface area contributed by atoms with Crippen LogP contribution in [-0.2, 0) is 13.1 Å². The monoisotopic (exact) mass is 154 g/mol. The molecule has 0 unspecified atom stereocenters. The standard InChI is InChI=1S/C8H11FN2/c1-7-2-3-10-4-5-11(9)6-8(7)10/h2-3H,4-6H2,1H3. The van der Waals surface area contributed by atoms with Gasteiger partial charge in [-0.3, -0.25) is 0 Å². The third-order valence-corrected chi connectivity index (χ3v) is 2.21. The lowest BCUT2D eigenvalue weighted by Crippen LogP contribution is -2.27. The lowest BCUT2D eigenvalue weighted by molar-refractivity contribution is -0.00268. The Balaban J connectivity index is 2.37. The van der Waals surface area contributed by atoms with Gasteiger partial charge in [0, 0.05) is 25.0 Å². The first-order valence-corrected chi connectivity index (χ1v) is 3.83. The van der Waals surface area contributed by atoms with E-state index in [1.54, 1.807) is 0 Å². The van der Waals surface area contributed by atoms with E-state index >= 15 is 0 Å². The molecular formula is C8H11FN2. The zero-order valence-electron chi connectivity index (χ0n) is 6.55. The molecule has 0 aromatic carbocycles. The number of fused-ring (bicyclic) bond motifs is 1. The largest absolute Gasteiger partial charge is 0.349 e. The molecule has 2 heterocycles. The molecule has 0 N–H and O–H groups in total. The molecule has 1 aliphatic rings. The van der Waals surface area contributed by atoms with Gasteiger partial charge in [0.1, 0.15) is 0 Å². The van der Waals surface area contributed by atoms with Crippen molar-refractivity contribution in [1.82, 2.24) is 9.69 Å². The van der Waals surface area contributed by atoms with Gasteiger partial charge < -0.3 is 4.57 Å². The average Bonchev–Trinajstić information content (AvgIpc) is 2.33. The zero-order chi connectivity index (χ0) is 7.84. The van der Waals surface area contributed by atoms with Crippen molar-refractivity contribution in [3.8, 4) is 0 Å². The molecule has 0 radical (unpaired) electrons. The van der Waals surface area contributed by atoms with Gasteiger partial charge >= 0.3 is 0 Å². The maximum Gasteiger partial charge on any atom is 0.0697 e. The van der Waals surface area contributed by atoms with Gasteiger partial charge in [-0.2, -0.15) is 0 Å². The van der Waals surface area contributed by atoms with Gasteiger partial charge in [-0.05, 0) is 18.6 Å². The highest BCUT2D eigenvalue weighted by Crippen LogP contribution is 2.17. The highest BCUT2D eigenvalue weighted by Gasteiger charge is 2.16. The smallest absolute Gasteiger partial charge is 0.0697 e. The summed E-state index contributed by atoms with van der Waals surface area (Å²) in [5.74, 6) is 0. The van der Waals surface area contributed by atoms with Crippen LogP contribution in [-0.4, -0.2) is 16.2 Å². The summed E-state index contributed by atoms with van der Waals surface area (Å²) in [6, 6.07) is 2.04. The maximum absolute atomic E-state index is 12.7. The van der Waals surface area contributed by atoms with Crippen molar-refractivity contribution in [2.75, 3.05) is 6.54 Å². The van der Waals surface area contributed by atoms with Crippen molar-refractivity contribution in [2.24, 2.45) is 0 Å². The maximum atomic E-state index is 12.7. The van der Waals surface area contributed by atoms with E-state index in [0.29, 0.717) is 13.1 Å². The molecule has 0 fully saturated rings. The number of aryl methyl sites for hydroxylation is 1. The van der Waals surface area contributed by atoms with Crippen molar-refractivity contribution < 1.29 is 4.48 Å². The highest BCUT2D eigenvalue weighted by molar-refractivity contribution is 5.21. The van der Waals surface area contributed by atoms with E-state index in [4.69, 9.17) is 0 Å². The van der Waals surface area contributed by atoms with Gasteiger partial charge in [0.15, 0.2) is 0 Å². The molecule has 0 saturated heterocycles. The molecular weight excluding hydrogens is 143 g/mol. The Hall–Kier alpha value is -0.830. The summed E-state index contributed by atoms with van der Waals surface area (Å²) in [6.07, 6.45) is 2.03. The minimum absolute atomic E-state index is 0.443. The lowest BCUT2D eigenvalue weighted by atomic mass is 10.2. The summed E-state index contributed by atoms with van der Waals surface area (Å²) in [5.41, 5.74) is 2.30. The van der Waals surface area contributed by atoms with Gasteiger partial charge in [0.05, 0.1) is 6.54 Å².